The predicted molar refractivity (Wildman–Crippen MR) is 40.3 cm³/mol. The van der Waals surface area contributed by atoms with Crippen molar-refractivity contribution in [3.8, 4) is 0 Å². The van der Waals surface area contributed by atoms with Crippen molar-refractivity contribution in [2.24, 2.45) is 0 Å². The molecule has 0 saturated carbocycles. The molecule has 0 amide bonds. The predicted octanol–water partition coefficient (Wildman–Crippen LogP) is 1.70. The molecule has 0 fully saturated rings. The molecule has 1 rings (SSSR count). The number of nitrogens with zero attached hydrogens (tertiary/aromatic N) is 1. The van der Waals surface area contributed by atoms with E-state index < -0.39 is 0 Å². The average Bonchev–Trinajstić information content (AvgIpc) is 2.05. The molecule has 0 atom stereocenters. The average molecular weight is 135 g/mol. The standard InChI is InChI=1S/C8H9NO/c1-7(10-2)8-5-3-4-6-9-8/h3-6H,1H2,2H3. The van der Waals surface area contributed by atoms with Gasteiger partial charge in [0.1, 0.15) is 11.5 Å². The number of hydrogen-bond donors (Lipinski definition) is 0. The van der Waals surface area contributed by atoms with Gasteiger partial charge in [-0.3, -0.25) is 4.98 Å². The highest BCUT2D eigenvalue weighted by Gasteiger charge is 1.94. The highest BCUT2D eigenvalue weighted by molar-refractivity contribution is 5.52. The van der Waals surface area contributed by atoms with Gasteiger partial charge in [-0.2, -0.15) is 0 Å². The van der Waals surface area contributed by atoms with E-state index in [0.717, 1.165) is 5.69 Å². The molecule has 1 heterocycles. The van der Waals surface area contributed by atoms with Gasteiger partial charge in [0.05, 0.1) is 7.11 Å². The van der Waals surface area contributed by atoms with Crippen LogP contribution in [0.2, 0.25) is 0 Å². The van der Waals surface area contributed by atoms with E-state index in [1.165, 1.54) is 0 Å². The second kappa shape index (κ2) is 3.01. The zero-order chi connectivity index (χ0) is 7.40. The third-order valence-electron chi connectivity index (χ3n) is 1.20. The van der Waals surface area contributed by atoms with Gasteiger partial charge in [0.2, 0.25) is 0 Å². The summed E-state index contributed by atoms with van der Waals surface area (Å²) in [5, 5.41) is 0. The summed E-state index contributed by atoms with van der Waals surface area (Å²) in [5.41, 5.74) is 0.782. The zero-order valence-electron chi connectivity index (χ0n) is 5.87. The Hall–Kier alpha value is -1.31. The molecule has 2 heteroatoms. The lowest BCUT2D eigenvalue weighted by Crippen LogP contribution is -1.87. The van der Waals surface area contributed by atoms with Crippen LogP contribution in [0.15, 0.2) is 31.0 Å². The van der Waals surface area contributed by atoms with Crippen LogP contribution in [0.25, 0.3) is 5.76 Å². The van der Waals surface area contributed by atoms with E-state index in [-0.39, 0.29) is 0 Å². The number of rotatable bonds is 2. The van der Waals surface area contributed by atoms with Crippen LogP contribution in [0.5, 0.6) is 0 Å². The molecule has 1 aromatic rings. The third kappa shape index (κ3) is 1.35. The first-order chi connectivity index (χ1) is 4.84. The SMILES string of the molecule is C=C(OC)c1ccccn1. The molecule has 0 aliphatic rings. The molecule has 0 bridgehead atoms. The Balaban J connectivity index is 2.85. The van der Waals surface area contributed by atoms with Gasteiger partial charge in [0, 0.05) is 6.20 Å². The van der Waals surface area contributed by atoms with E-state index in [9.17, 15) is 0 Å². The van der Waals surface area contributed by atoms with Gasteiger partial charge >= 0.3 is 0 Å². The third-order valence-corrected chi connectivity index (χ3v) is 1.20. The quantitative estimate of drug-likeness (QED) is 0.576. The first-order valence-corrected chi connectivity index (χ1v) is 2.99. The summed E-state index contributed by atoms with van der Waals surface area (Å²) in [7, 11) is 1.58. The maximum atomic E-state index is 4.88. The van der Waals surface area contributed by atoms with E-state index in [4.69, 9.17) is 4.74 Å². The van der Waals surface area contributed by atoms with Gasteiger partial charge in [-0.25, -0.2) is 0 Å². The zero-order valence-corrected chi connectivity index (χ0v) is 5.87. The number of hydrogen-bond acceptors (Lipinski definition) is 2. The molecule has 0 radical (unpaired) electrons. The molecule has 0 aliphatic heterocycles. The Morgan fingerprint density at radius 1 is 1.60 bits per heavy atom. The fraction of sp³-hybridized carbons (Fsp3) is 0.125. The Morgan fingerprint density at radius 3 is 2.90 bits per heavy atom. The normalized spacial score (nSPS) is 8.90. The van der Waals surface area contributed by atoms with E-state index in [0.29, 0.717) is 5.76 Å². The van der Waals surface area contributed by atoms with Gasteiger partial charge in [0.25, 0.3) is 0 Å². The Labute approximate surface area is 60.2 Å². The van der Waals surface area contributed by atoms with Crippen molar-refractivity contribution in [1.82, 2.24) is 4.98 Å². The van der Waals surface area contributed by atoms with Crippen molar-refractivity contribution < 1.29 is 4.74 Å². The lowest BCUT2D eigenvalue weighted by molar-refractivity contribution is 0.369. The van der Waals surface area contributed by atoms with E-state index in [1.54, 1.807) is 13.3 Å². The molecule has 0 aliphatic carbocycles. The number of aromatic nitrogens is 1. The summed E-state index contributed by atoms with van der Waals surface area (Å²) in [5.74, 6) is 0.598. The molecule has 10 heavy (non-hydrogen) atoms. The molecule has 0 unspecified atom stereocenters. The van der Waals surface area contributed by atoms with Crippen molar-refractivity contribution in [1.29, 1.82) is 0 Å². The fourth-order valence-electron chi connectivity index (χ4n) is 0.632. The van der Waals surface area contributed by atoms with Crippen LogP contribution in [0, 0.1) is 0 Å². The van der Waals surface area contributed by atoms with Gasteiger partial charge in [-0.05, 0) is 12.1 Å². The summed E-state index contributed by atoms with van der Waals surface area (Å²) in [6.45, 7) is 3.66. The van der Waals surface area contributed by atoms with Crippen molar-refractivity contribution >= 4 is 5.76 Å². The molecule has 0 N–H and O–H groups in total. The number of pyridine rings is 1. The van der Waals surface area contributed by atoms with Crippen molar-refractivity contribution in [2.45, 2.75) is 0 Å². The molecule has 1 aromatic heterocycles. The second-order valence-electron chi connectivity index (χ2n) is 1.84. The van der Waals surface area contributed by atoms with Gasteiger partial charge in [0.15, 0.2) is 0 Å². The second-order valence-corrected chi connectivity index (χ2v) is 1.84. The van der Waals surface area contributed by atoms with Crippen LogP contribution in [0.3, 0.4) is 0 Å². The smallest absolute Gasteiger partial charge is 0.137 e. The summed E-state index contributed by atoms with van der Waals surface area (Å²) >= 11 is 0. The van der Waals surface area contributed by atoms with Crippen molar-refractivity contribution in [3.05, 3.63) is 36.7 Å². The summed E-state index contributed by atoms with van der Waals surface area (Å²) in [6, 6.07) is 5.60. The Morgan fingerprint density at radius 2 is 2.40 bits per heavy atom. The molecule has 0 spiro atoms. The summed E-state index contributed by atoms with van der Waals surface area (Å²) in [4.78, 5) is 4.02. The van der Waals surface area contributed by atoms with Crippen LogP contribution in [-0.2, 0) is 4.74 Å². The minimum Gasteiger partial charge on any atom is -0.495 e. The number of methoxy groups -OCH3 is 1. The molecule has 0 saturated heterocycles. The Kier molecular flexibility index (Phi) is 2.05. The topological polar surface area (TPSA) is 22.1 Å². The lowest BCUT2D eigenvalue weighted by atomic mass is 10.3. The highest BCUT2D eigenvalue weighted by Crippen LogP contribution is 2.06. The van der Waals surface area contributed by atoms with Crippen LogP contribution >= 0.6 is 0 Å². The Bertz CT molecular complexity index is 218. The highest BCUT2D eigenvalue weighted by atomic mass is 16.5. The first-order valence-electron chi connectivity index (χ1n) is 2.99. The van der Waals surface area contributed by atoms with Gasteiger partial charge in [-0.1, -0.05) is 12.6 Å². The van der Waals surface area contributed by atoms with Crippen molar-refractivity contribution in [2.75, 3.05) is 7.11 Å². The maximum absolute atomic E-state index is 4.88. The summed E-state index contributed by atoms with van der Waals surface area (Å²) < 4.78 is 4.88. The van der Waals surface area contributed by atoms with Crippen LogP contribution in [0.4, 0.5) is 0 Å². The van der Waals surface area contributed by atoms with E-state index in [2.05, 4.69) is 11.6 Å². The van der Waals surface area contributed by atoms with Crippen LogP contribution in [0.1, 0.15) is 5.69 Å². The molecule has 0 aromatic carbocycles. The number of ether oxygens (including phenoxy) is 1. The summed E-state index contributed by atoms with van der Waals surface area (Å²) in [6.07, 6.45) is 1.71. The fourth-order valence-corrected chi connectivity index (χ4v) is 0.632. The molecular weight excluding hydrogens is 126 g/mol. The lowest BCUT2D eigenvalue weighted by Gasteiger charge is -2.00. The first kappa shape index (κ1) is 6.81. The van der Waals surface area contributed by atoms with E-state index in [1.807, 2.05) is 18.2 Å². The van der Waals surface area contributed by atoms with Gasteiger partial charge < -0.3 is 4.74 Å². The molecular formula is C8H9NO. The van der Waals surface area contributed by atoms with Crippen LogP contribution < -0.4 is 0 Å². The monoisotopic (exact) mass is 135 g/mol. The minimum absolute atomic E-state index is 0.598. The van der Waals surface area contributed by atoms with Gasteiger partial charge in [-0.15, -0.1) is 0 Å². The minimum atomic E-state index is 0.598. The van der Waals surface area contributed by atoms with E-state index >= 15 is 0 Å². The van der Waals surface area contributed by atoms with Crippen LogP contribution in [-0.4, -0.2) is 12.1 Å². The maximum Gasteiger partial charge on any atom is 0.137 e. The van der Waals surface area contributed by atoms with Crippen molar-refractivity contribution in [3.63, 3.8) is 0 Å². The molecule has 52 valence electrons. The largest absolute Gasteiger partial charge is 0.495 e. The molecule has 2 nitrogen and oxygen atoms in total.